The molecule has 0 aromatic heterocycles. The Hall–Kier alpha value is -0.810. The van der Waals surface area contributed by atoms with E-state index in [1.165, 1.54) is 83.5 Å². The number of carbonyl (C=O) groups is 1. The molecule has 9 nitrogen and oxygen atoms in total. The maximum atomic E-state index is 11.4. The first-order chi connectivity index (χ1) is 19.2. The average molecular weight is 565 g/mol. The van der Waals surface area contributed by atoms with Gasteiger partial charge in [0.05, 0.1) is 72.5 Å². The normalized spacial score (nSPS) is 12.2. The summed E-state index contributed by atoms with van der Waals surface area (Å²) in [6.07, 6.45) is 18.2. The number of rotatable bonds is 33. The minimum atomic E-state index is -1.04. The smallest absolute Gasteiger partial charge is 0.308 e. The fraction of sp³-hybridized carbons (Fsp3) is 0.967. The Bertz CT molecular complexity index is 479. The third-order valence-electron chi connectivity index (χ3n) is 6.23. The molecule has 0 amide bonds. The van der Waals surface area contributed by atoms with Gasteiger partial charge in [0, 0.05) is 6.61 Å². The first-order valence-corrected chi connectivity index (χ1v) is 15.5. The lowest BCUT2D eigenvalue weighted by atomic mass is 10.0. The highest BCUT2D eigenvalue weighted by Gasteiger charge is 2.07. The Morgan fingerprint density at radius 3 is 1.31 bits per heavy atom. The van der Waals surface area contributed by atoms with Gasteiger partial charge < -0.3 is 38.6 Å². The van der Waals surface area contributed by atoms with Crippen molar-refractivity contribution < 1.29 is 43.4 Å². The van der Waals surface area contributed by atoms with Crippen LogP contribution >= 0.6 is 0 Å². The molecular formula is C30H60O9. The van der Waals surface area contributed by atoms with E-state index in [-0.39, 0.29) is 19.6 Å². The van der Waals surface area contributed by atoms with E-state index in [4.69, 9.17) is 38.6 Å². The van der Waals surface area contributed by atoms with Crippen LogP contribution in [-0.4, -0.2) is 102 Å². The molecule has 0 heterocycles. The van der Waals surface area contributed by atoms with Crippen LogP contribution < -0.4 is 0 Å². The molecule has 0 radical (unpaired) electrons. The number of esters is 1. The number of hydrogen-bond acceptors (Lipinski definition) is 9. The summed E-state index contributed by atoms with van der Waals surface area (Å²) in [4.78, 5) is 11.4. The summed E-state index contributed by atoms with van der Waals surface area (Å²) < 4.78 is 32.0. The summed E-state index contributed by atoms with van der Waals surface area (Å²) >= 11 is 0. The molecule has 0 bridgehead atoms. The number of aliphatic hydroxyl groups is 2. The second-order valence-electron chi connectivity index (χ2n) is 9.93. The minimum Gasteiger partial charge on any atom is -0.463 e. The van der Waals surface area contributed by atoms with E-state index in [0.717, 1.165) is 13.0 Å². The predicted molar refractivity (Wildman–Crippen MR) is 153 cm³/mol. The topological polar surface area (TPSA) is 113 Å². The highest BCUT2D eigenvalue weighted by Crippen LogP contribution is 2.12. The predicted octanol–water partition coefficient (Wildman–Crippen LogP) is 4.84. The van der Waals surface area contributed by atoms with Gasteiger partial charge >= 0.3 is 5.97 Å². The summed E-state index contributed by atoms with van der Waals surface area (Å²) in [5, 5.41) is 17.7. The van der Waals surface area contributed by atoms with Gasteiger partial charge in [-0.05, 0) is 6.42 Å². The first kappa shape index (κ1) is 38.2. The van der Waals surface area contributed by atoms with E-state index in [1.54, 1.807) is 0 Å². The van der Waals surface area contributed by atoms with Gasteiger partial charge in [-0.1, -0.05) is 90.4 Å². The van der Waals surface area contributed by atoms with E-state index in [2.05, 4.69) is 6.92 Å². The molecule has 0 fully saturated rings. The van der Waals surface area contributed by atoms with Gasteiger partial charge in [-0.25, -0.2) is 0 Å². The maximum absolute atomic E-state index is 11.4. The Labute approximate surface area is 238 Å². The minimum absolute atomic E-state index is 0.0891. The number of unbranched alkanes of at least 4 members (excludes halogenated alkanes) is 13. The van der Waals surface area contributed by atoms with Crippen LogP contribution in [-0.2, 0) is 33.2 Å². The van der Waals surface area contributed by atoms with E-state index >= 15 is 0 Å². The zero-order chi connectivity index (χ0) is 28.5. The molecule has 234 valence electrons. The van der Waals surface area contributed by atoms with E-state index in [1.807, 2.05) is 0 Å². The van der Waals surface area contributed by atoms with Gasteiger partial charge in [0.15, 0.2) is 0 Å². The zero-order valence-electron chi connectivity index (χ0n) is 24.9. The molecule has 0 saturated heterocycles. The maximum Gasteiger partial charge on any atom is 0.308 e. The van der Waals surface area contributed by atoms with Crippen LogP contribution in [0.15, 0.2) is 0 Å². The first-order valence-electron chi connectivity index (χ1n) is 15.5. The number of carbonyl (C=O) groups excluding carboxylic acids is 1. The molecule has 0 aromatic rings. The summed E-state index contributed by atoms with van der Waals surface area (Å²) in [6.45, 7) is 6.67. The fourth-order valence-corrected chi connectivity index (χ4v) is 3.85. The van der Waals surface area contributed by atoms with E-state index in [9.17, 15) is 4.79 Å². The van der Waals surface area contributed by atoms with Crippen LogP contribution in [0, 0.1) is 0 Å². The second kappa shape index (κ2) is 33.4. The highest BCUT2D eigenvalue weighted by atomic mass is 16.6. The van der Waals surface area contributed by atoms with Crippen molar-refractivity contribution in [2.75, 3.05) is 79.3 Å². The van der Waals surface area contributed by atoms with Crippen LogP contribution in [0.25, 0.3) is 0 Å². The van der Waals surface area contributed by atoms with Crippen LogP contribution in [0.4, 0.5) is 0 Å². The van der Waals surface area contributed by atoms with Crippen molar-refractivity contribution in [3.63, 3.8) is 0 Å². The van der Waals surface area contributed by atoms with Gasteiger partial charge in [-0.3, -0.25) is 4.79 Å². The Morgan fingerprint density at radius 2 is 0.897 bits per heavy atom. The fourth-order valence-electron chi connectivity index (χ4n) is 3.85. The Kier molecular flexibility index (Phi) is 32.7. The molecule has 9 heteroatoms. The number of hydrogen-bond donors (Lipinski definition) is 2. The van der Waals surface area contributed by atoms with Gasteiger partial charge in [0.25, 0.3) is 0 Å². The number of aliphatic hydroxyl groups excluding tert-OH is 2. The summed E-state index contributed by atoms with van der Waals surface area (Å²) in [5.74, 6) is -0.476. The summed E-state index contributed by atoms with van der Waals surface area (Å²) in [5.41, 5.74) is 0. The monoisotopic (exact) mass is 564 g/mol. The lowest BCUT2D eigenvalue weighted by molar-refractivity contribution is -0.148. The molecule has 0 spiro atoms. The molecule has 0 aromatic carbocycles. The SMILES string of the molecule is CCCCCCCCCCCCCCCCOCCOCCOCCOCCOCCC(=O)OCC(O)CO. The van der Waals surface area contributed by atoms with Crippen molar-refractivity contribution in [3.05, 3.63) is 0 Å². The quantitative estimate of drug-likeness (QED) is 0.0854. The lowest BCUT2D eigenvalue weighted by Gasteiger charge is -2.09. The zero-order valence-corrected chi connectivity index (χ0v) is 24.9. The van der Waals surface area contributed by atoms with Gasteiger partial charge in [-0.15, -0.1) is 0 Å². The molecule has 0 saturated carbocycles. The molecule has 0 aliphatic rings. The second-order valence-corrected chi connectivity index (χ2v) is 9.93. The van der Waals surface area contributed by atoms with Crippen molar-refractivity contribution in [3.8, 4) is 0 Å². The van der Waals surface area contributed by atoms with Crippen molar-refractivity contribution in [1.29, 1.82) is 0 Å². The molecular weight excluding hydrogens is 504 g/mol. The average Bonchev–Trinajstić information content (AvgIpc) is 2.95. The molecule has 1 atom stereocenters. The summed E-state index contributed by atoms with van der Waals surface area (Å²) in [6, 6.07) is 0. The van der Waals surface area contributed by atoms with Crippen molar-refractivity contribution >= 4 is 5.97 Å². The van der Waals surface area contributed by atoms with Crippen LogP contribution in [0.5, 0.6) is 0 Å². The highest BCUT2D eigenvalue weighted by molar-refractivity contribution is 5.69. The van der Waals surface area contributed by atoms with Crippen LogP contribution in [0.3, 0.4) is 0 Å². The third-order valence-corrected chi connectivity index (χ3v) is 6.23. The molecule has 0 rings (SSSR count). The molecule has 0 aliphatic carbocycles. The molecule has 0 aliphatic heterocycles. The largest absolute Gasteiger partial charge is 0.463 e. The van der Waals surface area contributed by atoms with Crippen LogP contribution in [0.1, 0.15) is 103 Å². The standard InChI is InChI=1S/C30H60O9/c1-2-3-4-5-6-7-8-9-10-11-12-13-14-15-17-34-19-21-36-23-25-38-26-24-37-22-20-35-18-16-30(33)39-28-29(32)27-31/h29,31-32H,2-28H2,1H3. The summed E-state index contributed by atoms with van der Waals surface area (Å²) in [7, 11) is 0. The van der Waals surface area contributed by atoms with Crippen molar-refractivity contribution in [2.45, 2.75) is 109 Å². The van der Waals surface area contributed by atoms with Crippen LogP contribution in [0.2, 0.25) is 0 Å². The van der Waals surface area contributed by atoms with E-state index in [0.29, 0.717) is 52.9 Å². The van der Waals surface area contributed by atoms with Gasteiger partial charge in [0.1, 0.15) is 12.7 Å². The lowest BCUT2D eigenvalue weighted by Crippen LogP contribution is -2.22. The number of ether oxygens (including phenoxy) is 6. The van der Waals surface area contributed by atoms with E-state index < -0.39 is 18.7 Å². The van der Waals surface area contributed by atoms with Gasteiger partial charge in [0.2, 0.25) is 0 Å². The van der Waals surface area contributed by atoms with Crippen molar-refractivity contribution in [2.24, 2.45) is 0 Å². The molecule has 2 N–H and O–H groups in total. The molecule has 39 heavy (non-hydrogen) atoms. The molecule has 1 unspecified atom stereocenters. The van der Waals surface area contributed by atoms with Crippen molar-refractivity contribution in [1.82, 2.24) is 0 Å². The Morgan fingerprint density at radius 1 is 0.538 bits per heavy atom. The third kappa shape index (κ3) is 33.3. The Balaban J connectivity index is 3.09. The van der Waals surface area contributed by atoms with Gasteiger partial charge in [-0.2, -0.15) is 0 Å².